The maximum Gasteiger partial charge on any atom is 0.180 e. The smallest absolute Gasteiger partial charge is 0.180 e. The Morgan fingerprint density at radius 3 is 2.59 bits per heavy atom. The monoisotopic (exact) mass is 235 g/mol. The van der Waals surface area contributed by atoms with Gasteiger partial charge in [0, 0.05) is 0 Å². The number of piperidine rings is 1. The van der Waals surface area contributed by atoms with Crippen molar-refractivity contribution in [3.63, 3.8) is 0 Å². The molecule has 4 nitrogen and oxygen atoms in total. The van der Waals surface area contributed by atoms with Gasteiger partial charge in [-0.05, 0) is 44.1 Å². The molecule has 0 aromatic heterocycles. The molecule has 1 saturated heterocycles. The first-order valence-corrected chi connectivity index (χ1v) is 5.94. The topological polar surface area (TPSA) is 60.8 Å². The average Bonchev–Trinajstić information content (AvgIpc) is 2.33. The van der Waals surface area contributed by atoms with E-state index in [1.807, 2.05) is 0 Å². The molecule has 2 N–H and O–H groups in total. The van der Waals surface area contributed by atoms with E-state index in [0.29, 0.717) is 6.54 Å². The van der Waals surface area contributed by atoms with Crippen molar-refractivity contribution in [2.45, 2.75) is 19.3 Å². The highest BCUT2D eigenvalue weighted by atomic mass is 16.3. The van der Waals surface area contributed by atoms with Gasteiger partial charge >= 0.3 is 0 Å². The maximum absolute atomic E-state index is 12.0. The molecule has 1 aromatic carbocycles. The van der Waals surface area contributed by atoms with E-state index in [2.05, 4.69) is 4.90 Å². The number of hydrogen-bond donors (Lipinski definition) is 2. The lowest BCUT2D eigenvalue weighted by molar-refractivity contribution is 0.0912. The van der Waals surface area contributed by atoms with Gasteiger partial charge in [0.1, 0.15) is 11.5 Å². The molecule has 0 saturated carbocycles. The highest BCUT2D eigenvalue weighted by molar-refractivity contribution is 6.00. The zero-order valence-electron chi connectivity index (χ0n) is 9.72. The third kappa shape index (κ3) is 2.97. The number of aromatic hydroxyl groups is 2. The van der Waals surface area contributed by atoms with Crippen LogP contribution in [0.5, 0.6) is 11.5 Å². The summed E-state index contributed by atoms with van der Waals surface area (Å²) in [4.78, 5) is 14.1. The number of Topliss-reactive ketones (excluding diaryl/α,β-unsaturated/α-hetero) is 1. The summed E-state index contributed by atoms with van der Waals surface area (Å²) in [5.41, 5.74) is 0.204. The number of carbonyl (C=O) groups excluding carboxylic acids is 1. The lowest BCUT2D eigenvalue weighted by Gasteiger charge is -2.25. The van der Waals surface area contributed by atoms with Crippen LogP contribution in [0.4, 0.5) is 0 Å². The second-order valence-electron chi connectivity index (χ2n) is 4.46. The lowest BCUT2D eigenvalue weighted by atomic mass is 10.1. The third-order valence-electron chi connectivity index (χ3n) is 3.10. The van der Waals surface area contributed by atoms with Crippen LogP contribution in [0.2, 0.25) is 0 Å². The van der Waals surface area contributed by atoms with Gasteiger partial charge in [0.2, 0.25) is 0 Å². The normalized spacial score (nSPS) is 16.9. The van der Waals surface area contributed by atoms with Crippen LogP contribution >= 0.6 is 0 Å². The predicted molar refractivity (Wildman–Crippen MR) is 64.4 cm³/mol. The fraction of sp³-hybridized carbons (Fsp3) is 0.462. The summed E-state index contributed by atoms with van der Waals surface area (Å²) in [6.45, 7) is 2.19. The van der Waals surface area contributed by atoms with Gasteiger partial charge in [-0.3, -0.25) is 9.69 Å². The Kier molecular flexibility index (Phi) is 3.64. The van der Waals surface area contributed by atoms with E-state index in [-0.39, 0.29) is 22.8 Å². The molecule has 0 amide bonds. The van der Waals surface area contributed by atoms with Crippen LogP contribution in [-0.4, -0.2) is 40.5 Å². The predicted octanol–water partition coefficient (Wildman–Crippen LogP) is 1.77. The van der Waals surface area contributed by atoms with Crippen LogP contribution in [0.3, 0.4) is 0 Å². The molecule has 92 valence electrons. The van der Waals surface area contributed by atoms with Crippen LogP contribution in [0, 0.1) is 0 Å². The first kappa shape index (κ1) is 11.9. The Labute approximate surface area is 100 Å². The number of carbonyl (C=O) groups is 1. The SMILES string of the molecule is O=C(CN1CCCCC1)c1cc(O)ccc1O. The molecule has 0 aliphatic carbocycles. The highest BCUT2D eigenvalue weighted by Gasteiger charge is 2.17. The largest absolute Gasteiger partial charge is 0.508 e. The number of benzene rings is 1. The number of hydrogen-bond acceptors (Lipinski definition) is 4. The van der Waals surface area contributed by atoms with Gasteiger partial charge in [0.25, 0.3) is 0 Å². The van der Waals surface area contributed by atoms with Crippen LogP contribution < -0.4 is 0 Å². The number of phenolic OH excluding ortho intramolecular Hbond substituents is 2. The lowest BCUT2D eigenvalue weighted by Crippen LogP contribution is -2.34. The molecule has 0 atom stereocenters. The summed E-state index contributed by atoms with van der Waals surface area (Å²) < 4.78 is 0. The minimum atomic E-state index is -0.139. The van der Waals surface area contributed by atoms with Gasteiger partial charge in [-0.1, -0.05) is 6.42 Å². The number of nitrogens with zero attached hydrogens (tertiary/aromatic N) is 1. The molecule has 0 unspecified atom stereocenters. The van der Waals surface area contributed by atoms with Crippen LogP contribution in [-0.2, 0) is 0 Å². The van der Waals surface area contributed by atoms with E-state index in [1.165, 1.54) is 24.6 Å². The van der Waals surface area contributed by atoms with Crippen molar-refractivity contribution in [1.29, 1.82) is 0 Å². The highest BCUT2D eigenvalue weighted by Crippen LogP contribution is 2.23. The zero-order chi connectivity index (χ0) is 12.3. The standard InChI is InChI=1S/C13H17NO3/c15-10-4-5-12(16)11(8-10)13(17)9-14-6-2-1-3-7-14/h4-5,8,15-16H,1-3,6-7,9H2. The van der Waals surface area contributed by atoms with E-state index < -0.39 is 0 Å². The van der Waals surface area contributed by atoms with Crippen molar-refractivity contribution in [3.05, 3.63) is 23.8 Å². The Morgan fingerprint density at radius 2 is 1.88 bits per heavy atom. The molecular weight excluding hydrogens is 218 g/mol. The molecule has 1 fully saturated rings. The Bertz CT molecular complexity index is 411. The summed E-state index contributed by atoms with van der Waals surface area (Å²) in [6.07, 6.45) is 3.47. The minimum Gasteiger partial charge on any atom is -0.508 e. The van der Waals surface area contributed by atoms with Gasteiger partial charge in [0.15, 0.2) is 5.78 Å². The second-order valence-corrected chi connectivity index (χ2v) is 4.46. The van der Waals surface area contributed by atoms with Crippen molar-refractivity contribution in [2.24, 2.45) is 0 Å². The summed E-state index contributed by atoms with van der Waals surface area (Å²) >= 11 is 0. The Hall–Kier alpha value is -1.55. The van der Waals surface area contributed by atoms with Gasteiger partial charge < -0.3 is 10.2 Å². The quantitative estimate of drug-likeness (QED) is 0.619. The molecular formula is C13H17NO3. The molecule has 2 rings (SSSR count). The van der Waals surface area contributed by atoms with E-state index in [9.17, 15) is 15.0 Å². The van der Waals surface area contributed by atoms with Gasteiger partial charge in [-0.2, -0.15) is 0 Å². The maximum atomic E-state index is 12.0. The summed E-state index contributed by atoms with van der Waals surface area (Å²) in [7, 11) is 0. The molecule has 1 heterocycles. The fourth-order valence-electron chi connectivity index (χ4n) is 2.15. The van der Waals surface area contributed by atoms with Gasteiger partial charge in [-0.15, -0.1) is 0 Å². The van der Waals surface area contributed by atoms with Crippen molar-refractivity contribution in [3.8, 4) is 11.5 Å². The van der Waals surface area contributed by atoms with Crippen LogP contribution in [0.25, 0.3) is 0 Å². The zero-order valence-corrected chi connectivity index (χ0v) is 9.72. The third-order valence-corrected chi connectivity index (χ3v) is 3.10. The summed E-state index contributed by atoms with van der Waals surface area (Å²) in [5.74, 6) is -0.199. The van der Waals surface area contributed by atoms with Gasteiger partial charge in [0.05, 0.1) is 12.1 Å². The second kappa shape index (κ2) is 5.19. The average molecular weight is 235 g/mol. The minimum absolute atomic E-state index is 0.00444. The number of ketones is 1. The first-order valence-electron chi connectivity index (χ1n) is 5.94. The van der Waals surface area contributed by atoms with Gasteiger partial charge in [-0.25, -0.2) is 0 Å². The molecule has 0 bridgehead atoms. The van der Waals surface area contributed by atoms with E-state index in [0.717, 1.165) is 25.9 Å². The van der Waals surface area contributed by atoms with E-state index in [4.69, 9.17) is 0 Å². The van der Waals surface area contributed by atoms with Crippen molar-refractivity contribution in [1.82, 2.24) is 4.90 Å². The van der Waals surface area contributed by atoms with Crippen molar-refractivity contribution in [2.75, 3.05) is 19.6 Å². The summed E-state index contributed by atoms with van der Waals surface area (Å²) in [5, 5.41) is 18.9. The Morgan fingerprint density at radius 1 is 1.18 bits per heavy atom. The molecule has 17 heavy (non-hydrogen) atoms. The number of phenols is 2. The van der Waals surface area contributed by atoms with Crippen LogP contribution in [0.1, 0.15) is 29.6 Å². The number of likely N-dealkylation sites (tertiary alicyclic amines) is 1. The molecule has 4 heteroatoms. The molecule has 1 aliphatic rings. The fourth-order valence-corrected chi connectivity index (χ4v) is 2.15. The summed E-state index contributed by atoms with van der Waals surface area (Å²) in [6, 6.07) is 4.04. The molecule has 0 radical (unpaired) electrons. The molecule has 1 aliphatic heterocycles. The van der Waals surface area contributed by atoms with Crippen LogP contribution in [0.15, 0.2) is 18.2 Å². The molecule has 0 spiro atoms. The number of rotatable bonds is 3. The van der Waals surface area contributed by atoms with E-state index in [1.54, 1.807) is 0 Å². The molecule has 1 aromatic rings. The van der Waals surface area contributed by atoms with E-state index >= 15 is 0 Å². The first-order chi connectivity index (χ1) is 8.16. The van der Waals surface area contributed by atoms with Crippen molar-refractivity contribution < 1.29 is 15.0 Å². The Balaban J connectivity index is 2.05. The van der Waals surface area contributed by atoms with Crippen molar-refractivity contribution >= 4 is 5.78 Å².